The van der Waals surface area contributed by atoms with E-state index in [1.165, 1.54) is 5.56 Å². The Labute approximate surface area is 153 Å². The lowest BCUT2D eigenvalue weighted by Gasteiger charge is -2.24. The van der Waals surface area contributed by atoms with Crippen LogP contribution >= 0.6 is 0 Å². The van der Waals surface area contributed by atoms with Crippen LogP contribution in [0.2, 0.25) is 0 Å². The number of carbonyl (C=O) groups excluding carboxylic acids is 2. The quantitative estimate of drug-likeness (QED) is 0.838. The SMILES string of the molecule is CCNC(=O)COc1ccc(NC(=O)C2CCCc3ccccc32)cc1. The molecule has 1 atom stereocenters. The van der Waals surface area contributed by atoms with Crippen molar-refractivity contribution >= 4 is 17.5 Å². The van der Waals surface area contributed by atoms with E-state index >= 15 is 0 Å². The van der Waals surface area contributed by atoms with E-state index in [4.69, 9.17) is 4.74 Å². The molecule has 0 bridgehead atoms. The lowest BCUT2D eigenvalue weighted by Crippen LogP contribution is -2.28. The summed E-state index contributed by atoms with van der Waals surface area (Å²) in [5, 5.41) is 5.67. The topological polar surface area (TPSA) is 67.4 Å². The van der Waals surface area contributed by atoms with Gasteiger partial charge in [-0.2, -0.15) is 0 Å². The maximum absolute atomic E-state index is 12.7. The molecule has 136 valence electrons. The van der Waals surface area contributed by atoms with Crippen LogP contribution in [0, 0.1) is 0 Å². The third-order valence-electron chi connectivity index (χ3n) is 4.55. The molecule has 26 heavy (non-hydrogen) atoms. The van der Waals surface area contributed by atoms with Crippen molar-refractivity contribution in [1.82, 2.24) is 5.32 Å². The number of benzene rings is 2. The van der Waals surface area contributed by atoms with Gasteiger partial charge in [0.25, 0.3) is 5.91 Å². The highest BCUT2D eigenvalue weighted by Gasteiger charge is 2.26. The molecule has 2 amide bonds. The Bertz CT molecular complexity index is 771. The highest BCUT2D eigenvalue weighted by Crippen LogP contribution is 2.32. The van der Waals surface area contributed by atoms with Crippen LogP contribution in [-0.2, 0) is 16.0 Å². The normalized spacial score (nSPS) is 15.7. The van der Waals surface area contributed by atoms with E-state index in [9.17, 15) is 9.59 Å². The van der Waals surface area contributed by atoms with Crippen LogP contribution in [0.25, 0.3) is 0 Å². The zero-order valence-electron chi connectivity index (χ0n) is 15.0. The summed E-state index contributed by atoms with van der Waals surface area (Å²) in [7, 11) is 0. The molecule has 0 radical (unpaired) electrons. The number of amides is 2. The van der Waals surface area contributed by atoms with Crippen LogP contribution in [0.4, 0.5) is 5.69 Å². The zero-order chi connectivity index (χ0) is 18.4. The maximum atomic E-state index is 12.7. The van der Waals surface area contributed by atoms with Gasteiger partial charge in [-0.05, 0) is 61.6 Å². The largest absolute Gasteiger partial charge is 0.484 e. The molecule has 2 aromatic carbocycles. The molecule has 0 heterocycles. The van der Waals surface area contributed by atoms with Crippen molar-refractivity contribution in [2.24, 2.45) is 0 Å². The minimum Gasteiger partial charge on any atom is -0.484 e. The Hall–Kier alpha value is -2.82. The van der Waals surface area contributed by atoms with Crippen LogP contribution in [0.1, 0.15) is 36.8 Å². The highest BCUT2D eigenvalue weighted by atomic mass is 16.5. The second kappa shape index (κ2) is 8.52. The number of likely N-dealkylation sites (N-methyl/N-ethyl adjacent to an activating group) is 1. The summed E-state index contributed by atoms with van der Waals surface area (Å²) >= 11 is 0. The minimum atomic E-state index is -0.152. The molecular weight excluding hydrogens is 328 g/mol. The monoisotopic (exact) mass is 352 g/mol. The van der Waals surface area contributed by atoms with E-state index in [0.29, 0.717) is 12.3 Å². The van der Waals surface area contributed by atoms with E-state index < -0.39 is 0 Å². The third-order valence-corrected chi connectivity index (χ3v) is 4.55. The van der Waals surface area contributed by atoms with Gasteiger partial charge in [0.2, 0.25) is 5.91 Å². The molecule has 1 unspecified atom stereocenters. The van der Waals surface area contributed by atoms with Gasteiger partial charge >= 0.3 is 0 Å². The van der Waals surface area contributed by atoms with Gasteiger partial charge in [-0.1, -0.05) is 24.3 Å². The van der Waals surface area contributed by atoms with E-state index in [-0.39, 0.29) is 24.3 Å². The van der Waals surface area contributed by atoms with Crippen LogP contribution in [0.3, 0.4) is 0 Å². The van der Waals surface area contributed by atoms with Gasteiger partial charge in [-0.3, -0.25) is 9.59 Å². The van der Waals surface area contributed by atoms with Gasteiger partial charge < -0.3 is 15.4 Å². The number of fused-ring (bicyclic) bond motifs is 1. The number of aryl methyl sites for hydroxylation is 1. The summed E-state index contributed by atoms with van der Waals surface area (Å²) in [6.07, 6.45) is 2.94. The van der Waals surface area contributed by atoms with Gasteiger partial charge in [-0.25, -0.2) is 0 Å². The smallest absolute Gasteiger partial charge is 0.257 e. The number of anilines is 1. The number of carbonyl (C=O) groups is 2. The highest BCUT2D eigenvalue weighted by molar-refractivity contribution is 5.96. The number of rotatable bonds is 6. The predicted molar refractivity (Wildman–Crippen MR) is 101 cm³/mol. The molecule has 1 aliphatic rings. The Kier molecular flexibility index (Phi) is 5.89. The molecule has 0 aliphatic heterocycles. The first-order valence-electron chi connectivity index (χ1n) is 9.05. The van der Waals surface area contributed by atoms with Crippen LogP contribution in [0.15, 0.2) is 48.5 Å². The zero-order valence-corrected chi connectivity index (χ0v) is 15.0. The molecule has 3 rings (SSSR count). The van der Waals surface area contributed by atoms with Crippen molar-refractivity contribution < 1.29 is 14.3 Å². The van der Waals surface area contributed by atoms with Crippen LogP contribution < -0.4 is 15.4 Å². The minimum absolute atomic E-state index is 0.0155. The predicted octanol–water partition coefficient (Wildman–Crippen LogP) is 3.26. The summed E-state index contributed by atoms with van der Waals surface area (Å²) < 4.78 is 5.42. The molecule has 0 aromatic heterocycles. The Morgan fingerprint density at radius 2 is 1.88 bits per heavy atom. The lowest BCUT2D eigenvalue weighted by atomic mass is 9.82. The summed E-state index contributed by atoms with van der Waals surface area (Å²) in [6, 6.07) is 15.3. The fourth-order valence-electron chi connectivity index (χ4n) is 3.29. The number of ether oxygens (including phenoxy) is 1. The van der Waals surface area contributed by atoms with Gasteiger partial charge in [0.05, 0.1) is 5.92 Å². The molecular formula is C21H24N2O3. The summed E-state index contributed by atoms with van der Waals surface area (Å²) in [5.41, 5.74) is 3.13. The summed E-state index contributed by atoms with van der Waals surface area (Å²) in [4.78, 5) is 24.1. The molecule has 2 N–H and O–H groups in total. The van der Waals surface area contributed by atoms with E-state index in [1.807, 2.05) is 19.1 Å². The van der Waals surface area contributed by atoms with Gasteiger partial charge in [-0.15, -0.1) is 0 Å². The first kappa shape index (κ1) is 18.0. The fourth-order valence-corrected chi connectivity index (χ4v) is 3.29. The number of hydrogen-bond acceptors (Lipinski definition) is 3. The van der Waals surface area contributed by atoms with Crippen molar-refractivity contribution in [2.45, 2.75) is 32.1 Å². The number of hydrogen-bond donors (Lipinski definition) is 2. The van der Waals surface area contributed by atoms with Crippen molar-refractivity contribution in [3.8, 4) is 5.75 Å². The number of nitrogens with one attached hydrogen (secondary N) is 2. The fraction of sp³-hybridized carbons (Fsp3) is 0.333. The third kappa shape index (κ3) is 4.42. The molecule has 0 fully saturated rings. The molecule has 0 spiro atoms. The van der Waals surface area contributed by atoms with Crippen LogP contribution in [-0.4, -0.2) is 25.0 Å². The standard InChI is InChI=1S/C21H24N2O3/c1-2-22-20(24)14-26-17-12-10-16(11-13-17)23-21(25)19-9-5-7-15-6-3-4-8-18(15)19/h3-4,6,8,10-13,19H,2,5,7,9,14H2,1H3,(H,22,24)(H,23,25). The summed E-state index contributed by atoms with van der Waals surface area (Å²) in [6.45, 7) is 2.43. The average Bonchev–Trinajstić information content (AvgIpc) is 2.67. The van der Waals surface area contributed by atoms with E-state index in [1.54, 1.807) is 24.3 Å². The molecule has 1 aliphatic carbocycles. The second-order valence-corrected chi connectivity index (χ2v) is 6.40. The van der Waals surface area contributed by atoms with Gasteiger partial charge in [0.15, 0.2) is 6.61 Å². The van der Waals surface area contributed by atoms with Gasteiger partial charge in [0.1, 0.15) is 5.75 Å². The molecule has 5 heteroatoms. The van der Waals surface area contributed by atoms with Crippen molar-refractivity contribution in [3.63, 3.8) is 0 Å². The van der Waals surface area contributed by atoms with Crippen molar-refractivity contribution in [3.05, 3.63) is 59.7 Å². The Balaban J connectivity index is 1.59. The van der Waals surface area contributed by atoms with E-state index in [0.717, 1.165) is 30.5 Å². The van der Waals surface area contributed by atoms with Gasteiger partial charge in [0, 0.05) is 12.2 Å². The first-order valence-corrected chi connectivity index (χ1v) is 9.05. The average molecular weight is 352 g/mol. The summed E-state index contributed by atoms with van der Waals surface area (Å²) in [5.74, 6) is 0.361. The van der Waals surface area contributed by atoms with Crippen molar-refractivity contribution in [1.29, 1.82) is 0 Å². The first-order chi connectivity index (χ1) is 12.7. The van der Waals surface area contributed by atoms with Crippen LogP contribution in [0.5, 0.6) is 5.75 Å². The van der Waals surface area contributed by atoms with Crippen molar-refractivity contribution in [2.75, 3.05) is 18.5 Å². The second-order valence-electron chi connectivity index (χ2n) is 6.40. The Morgan fingerprint density at radius 1 is 1.12 bits per heavy atom. The molecule has 5 nitrogen and oxygen atoms in total. The lowest BCUT2D eigenvalue weighted by molar-refractivity contribution is -0.123. The molecule has 0 saturated heterocycles. The Morgan fingerprint density at radius 3 is 2.65 bits per heavy atom. The molecule has 0 saturated carbocycles. The van der Waals surface area contributed by atoms with E-state index in [2.05, 4.69) is 22.8 Å². The molecule has 2 aromatic rings. The maximum Gasteiger partial charge on any atom is 0.257 e.